The van der Waals surface area contributed by atoms with Crippen LogP contribution in [-0.2, 0) is 31.2 Å². The van der Waals surface area contributed by atoms with Crippen LogP contribution in [0.4, 0.5) is 0 Å². The molecule has 3 N–H and O–H groups in total. The van der Waals surface area contributed by atoms with Gasteiger partial charge in [-0.15, -0.1) is 0 Å². The van der Waals surface area contributed by atoms with Gasteiger partial charge in [-0.05, 0) is 85.6 Å². The van der Waals surface area contributed by atoms with Crippen molar-refractivity contribution in [2.24, 2.45) is 5.92 Å². The number of likely N-dealkylation sites (tertiary alicyclic amines) is 1. The summed E-state index contributed by atoms with van der Waals surface area (Å²) in [6, 6.07) is 17.7. The summed E-state index contributed by atoms with van der Waals surface area (Å²) in [5.74, 6) is 0.331. The predicted octanol–water partition coefficient (Wildman–Crippen LogP) is 2.92. The summed E-state index contributed by atoms with van der Waals surface area (Å²) in [5.41, 5.74) is 5.26. The van der Waals surface area contributed by atoms with E-state index < -0.39 is 0 Å². The molecule has 3 aromatic rings. The number of fused-ring (bicyclic) bond motifs is 2. The number of carbonyl (C=O) groups is 1. The highest BCUT2D eigenvalue weighted by molar-refractivity contribution is 5.94. The minimum atomic E-state index is -0.343. The van der Waals surface area contributed by atoms with Crippen LogP contribution in [0.3, 0.4) is 0 Å². The number of pyridine rings is 1. The van der Waals surface area contributed by atoms with Crippen LogP contribution in [0.1, 0.15) is 44.7 Å². The van der Waals surface area contributed by atoms with Crippen molar-refractivity contribution in [3.63, 3.8) is 0 Å². The molecule has 1 fully saturated rings. The number of phenolic OH excluding ortho intramolecular Hbond substituents is 1. The summed E-state index contributed by atoms with van der Waals surface area (Å²) < 4.78 is 0. The third-order valence-electron chi connectivity index (χ3n) is 8.40. The van der Waals surface area contributed by atoms with E-state index >= 15 is 0 Å². The smallest absolute Gasteiger partial charge is 0.261 e. The number of benzene rings is 2. The number of amides is 1. The number of rotatable bonds is 3. The van der Waals surface area contributed by atoms with E-state index in [4.69, 9.17) is 0 Å². The van der Waals surface area contributed by atoms with Gasteiger partial charge in [0.15, 0.2) is 0 Å². The number of likely N-dealkylation sites (N-methyl/N-ethyl adjacent to an activating group) is 1. The molecular weight excluding hydrogens is 426 g/mol. The number of aromatic nitrogens is 1. The molecular formula is C28H29N3O3. The molecule has 2 bridgehead atoms. The highest BCUT2D eigenvalue weighted by atomic mass is 16.3. The lowest BCUT2D eigenvalue weighted by Gasteiger charge is -2.58. The van der Waals surface area contributed by atoms with E-state index in [1.165, 1.54) is 11.1 Å². The lowest BCUT2D eigenvalue weighted by atomic mass is 9.52. The van der Waals surface area contributed by atoms with Crippen molar-refractivity contribution in [3.05, 3.63) is 98.5 Å². The number of piperidine rings is 1. The fraction of sp³-hybridized carbons (Fsp3) is 0.357. The van der Waals surface area contributed by atoms with Gasteiger partial charge in [-0.3, -0.25) is 9.59 Å². The standard InChI is InChI=1S/C28H29N3O3/c1-31-10-9-28-15-24-19(12-23(28)25(31)13-18-7-8-20(32)14-22(18)28)11-21(27(34)30-24)26(33)29-16-17-5-3-2-4-6-17/h2-8,11,14,23,25,32H,9-10,12-13,15-16H2,1H3,(H,29,33)(H,30,34)/t23-,25+,28+/m0/s1. The van der Waals surface area contributed by atoms with E-state index in [1.54, 1.807) is 6.07 Å². The van der Waals surface area contributed by atoms with Gasteiger partial charge in [0.1, 0.15) is 11.3 Å². The lowest BCUT2D eigenvalue weighted by molar-refractivity contribution is 0.0233. The first-order valence-electron chi connectivity index (χ1n) is 12.0. The Balaban J connectivity index is 1.36. The monoisotopic (exact) mass is 455 g/mol. The highest BCUT2D eigenvalue weighted by Gasteiger charge is 2.54. The van der Waals surface area contributed by atoms with Gasteiger partial charge in [-0.25, -0.2) is 0 Å². The number of nitrogens with one attached hydrogen (secondary N) is 2. The fourth-order valence-corrected chi connectivity index (χ4v) is 6.66. The number of H-pyrrole nitrogens is 1. The molecule has 1 amide bonds. The normalized spacial score (nSPS) is 25.1. The molecule has 0 spiro atoms. The zero-order valence-electron chi connectivity index (χ0n) is 19.3. The predicted molar refractivity (Wildman–Crippen MR) is 130 cm³/mol. The molecule has 0 unspecified atom stereocenters. The van der Waals surface area contributed by atoms with Crippen LogP contribution >= 0.6 is 0 Å². The lowest BCUT2D eigenvalue weighted by Crippen LogP contribution is -2.61. The molecule has 6 rings (SSSR count). The van der Waals surface area contributed by atoms with E-state index in [2.05, 4.69) is 28.3 Å². The Hall–Kier alpha value is -3.38. The largest absolute Gasteiger partial charge is 0.508 e. The number of aromatic amines is 1. The highest BCUT2D eigenvalue weighted by Crippen LogP contribution is 2.54. The molecule has 1 saturated heterocycles. The Bertz CT molecular complexity index is 1330. The number of hydrogen-bond acceptors (Lipinski definition) is 4. The maximum absolute atomic E-state index is 13.0. The van der Waals surface area contributed by atoms with Crippen molar-refractivity contribution < 1.29 is 9.90 Å². The van der Waals surface area contributed by atoms with Crippen molar-refractivity contribution in [1.82, 2.24) is 15.2 Å². The summed E-state index contributed by atoms with van der Waals surface area (Å²) >= 11 is 0. The summed E-state index contributed by atoms with van der Waals surface area (Å²) in [4.78, 5) is 31.4. The summed E-state index contributed by atoms with van der Waals surface area (Å²) in [5, 5.41) is 13.2. The number of aromatic hydroxyl groups is 1. The van der Waals surface area contributed by atoms with E-state index in [-0.39, 0.29) is 22.4 Å². The Morgan fingerprint density at radius 1 is 1.15 bits per heavy atom. The second-order valence-corrected chi connectivity index (χ2v) is 10.2. The minimum absolute atomic E-state index is 0.101. The van der Waals surface area contributed by atoms with Gasteiger partial charge in [-0.1, -0.05) is 36.4 Å². The minimum Gasteiger partial charge on any atom is -0.508 e. The number of hydrogen-bond donors (Lipinski definition) is 3. The average Bonchev–Trinajstić information content (AvgIpc) is 2.84. The second kappa shape index (κ2) is 7.84. The molecule has 0 radical (unpaired) electrons. The molecule has 6 heteroatoms. The van der Waals surface area contributed by atoms with E-state index in [0.29, 0.717) is 24.3 Å². The van der Waals surface area contributed by atoms with E-state index in [9.17, 15) is 14.7 Å². The number of nitrogens with zero attached hydrogens (tertiary/aromatic N) is 1. The number of carbonyl (C=O) groups excluding carboxylic acids is 1. The fourth-order valence-electron chi connectivity index (χ4n) is 6.66. The van der Waals surface area contributed by atoms with Crippen LogP contribution in [0, 0.1) is 5.92 Å². The molecule has 3 atom stereocenters. The molecule has 34 heavy (non-hydrogen) atoms. The van der Waals surface area contributed by atoms with Gasteiger partial charge in [0, 0.05) is 23.7 Å². The summed E-state index contributed by atoms with van der Waals surface area (Å²) in [7, 11) is 2.20. The van der Waals surface area contributed by atoms with E-state index in [0.717, 1.165) is 49.0 Å². The third-order valence-corrected chi connectivity index (χ3v) is 8.40. The topological polar surface area (TPSA) is 85.4 Å². The molecule has 3 aliphatic rings. The van der Waals surface area contributed by atoms with Crippen molar-refractivity contribution >= 4 is 5.91 Å². The SMILES string of the molecule is CN1CC[C@]23Cc4[nH]c(=O)c(C(=O)NCc5ccccc5)cc4C[C@H]2[C@H]1Cc1ccc(O)cc13. The first-order chi connectivity index (χ1) is 16.4. The average molecular weight is 456 g/mol. The molecule has 1 aliphatic heterocycles. The van der Waals surface area contributed by atoms with Gasteiger partial charge in [0.2, 0.25) is 0 Å². The first kappa shape index (κ1) is 21.2. The molecule has 174 valence electrons. The van der Waals surface area contributed by atoms with Gasteiger partial charge in [-0.2, -0.15) is 0 Å². The maximum atomic E-state index is 13.0. The molecule has 0 saturated carbocycles. The quantitative estimate of drug-likeness (QED) is 0.567. The van der Waals surface area contributed by atoms with Crippen molar-refractivity contribution in [1.29, 1.82) is 0 Å². The van der Waals surface area contributed by atoms with Crippen molar-refractivity contribution in [3.8, 4) is 5.75 Å². The van der Waals surface area contributed by atoms with Gasteiger partial charge in [0.05, 0.1) is 0 Å². The van der Waals surface area contributed by atoms with Gasteiger partial charge >= 0.3 is 0 Å². The van der Waals surface area contributed by atoms with Crippen LogP contribution in [0.25, 0.3) is 0 Å². The van der Waals surface area contributed by atoms with Crippen LogP contribution in [-0.4, -0.2) is 40.5 Å². The zero-order valence-corrected chi connectivity index (χ0v) is 19.3. The van der Waals surface area contributed by atoms with Crippen LogP contribution in [0.2, 0.25) is 0 Å². The van der Waals surface area contributed by atoms with Crippen molar-refractivity contribution in [2.75, 3.05) is 13.6 Å². The Kier molecular flexibility index (Phi) is 4.88. The zero-order chi connectivity index (χ0) is 23.4. The summed E-state index contributed by atoms with van der Waals surface area (Å²) in [6.07, 6.45) is 3.49. The third kappa shape index (κ3) is 3.28. The van der Waals surface area contributed by atoms with E-state index in [1.807, 2.05) is 42.5 Å². The van der Waals surface area contributed by atoms with Gasteiger partial charge < -0.3 is 20.3 Å². The number of phenols is 1. The molecule has 2 aliphatic carbocycles. The van der Waals surface area contributed by atoms with Crippen molar-refractivity contribution in [2.45, 2.75) is 43.7 Å². The Labute approximate surface area is 198 Å². The van der Waals surface area contributed by atoms with Gasteiger partial charge in [0.25, 0.3) is 11.5 Å². The molecule has 1 aromatic heterocycles. The molecule has 2 heterocycles. The first-order valence-corrected chi connectivity index (χ1v) is 12.0. The Morgan fingerprint density at radius 3 is 2.79 bits per heavy atom. The van der Waals surface area contributed by atoms with Crippen LogP contribution in [0.5, 0.6) is 5.75 Å². The Morgan fingerprint density at radius 2 is 1.97 bits per heavy atom. The maximum Gasteiger partial charge on any atom is 0.261 e. The molecule has 6 nitrogen and oxygen atoms in total. The van der Waals surface area contributed by atoms with Crippen LogP contribution < -0.4 is 10.9 Å². The second-order valence-electron chi connectivity index (χ2n) is 10.2. The van der Waals surface area contributed by atoms with Crippen LogP contribution in [0.15, 0.2) is 59.4 Å². The summed E-state index contributed by atoms with van der Waals surface area (Å²) in [6.45, 7) is 1.38. The molecule has 2 aromatic carbocycles.